The number of phosphoric ester groups is 1. The summed E-state index contributed by atoms with van der Waals surface area (Å²) in [5, 5.41) is 69.9. The molecule has 17 heteroatoms. The fourth-order valence-corrected chi connectivity index (χ4v) is 1.84. The number of hydrogen-bond donors (Lipinski definition) is 10. The summed E-state index contributed by atoms with van der Waals surface area (Å²) >= 11 is 0. The van der Waals surface area contributed by atoms with Crippen molar-refractivity contribution in [3.63, 3.8) is 0 Å². The van der Waals surface area contributed by atoms with E-state index in [0.29, 0.717) is 0 Å². The molecule has 0 bridgehead atoms. The van der Waals surface area contributed by atoms with Crippen molar-refractivity contribution in [2.75, 3.05) is 6.61 Å². The van der Waals surface area contributed by atoms with Crippen molar-refractivity contribution in [2.45, 2.75) is 42.9 Å². The summed E-state index contributed by atoms with van der Waals surface area (Å²) < 4.78 is 14.1. The van der Waals surface area contributed by atoms with Crippen LogP contribution in [-0.2, 0) is 28.3 Å². The Morgan fingerprint density at radius 2 is 1.34 bits per heavy atom. The van der Waals surface area contributed by atoms with Crippen LogP contribution in [0, 0.1) is 0 Å². The van der Waals surface area contributed by atoms with E-state index in [1.165, 1.54) is 0 Å². The number of aldehydes is 1. The molecule has 29 heavy (non-hydrogen) atoms. The van der Waals surface area contributed by atoms with Gasteiger partial charge in [0.15, 0.2) is 11.9 Å². The van der Waals surface area contributed by atoms with Crippen LogP contribution in [0.1, 0.15) is 12.8 Å². The van der Waals surface area contributed by atoms with Gasteiger partial charge >= 0.3 is 25.7 Å². The molecule has 0 heterocycles. The van der Waals surface area contributed by atoms with Crippen LogP contribution < -0.4 is 0 Å². The zero-order valence-electron chi connectivity index (χ0n) is 14.4. The topological polar surface area (TPSA) is 297 Å². The molecule has 0 aliphatic heterocycles. The fourth-order valence-electron chi connectivity index (χ4n) is 1.50. The normalized spacial score (nSPS) is 15.8. The lowest BCUT2D eigenvalue weighted by molar-refractivity contribution is -0.170. The van der Waals surface area contributed by atoms with Crippen LogP contribution in [-0.4, -0.2) is 111 Å². The van der Waals surface area contributed by atoms with Crippen molar-refractivity contribution in [2.24, 2.45) is 0 Å². The highest BCUT2D eigenvalue weighted by molar-refractivity contribution is 7.46. The van der Waals surface area contributed by atoms with E-state index in [2.05, 4.69) is 4.52 Å². The Labute approximate surface area is 161 Å². The third kappa shape index (κ3) is 12.9. The third-order valence-corrected chi connectivity index (χ3v) is 3.42. The van der Waals surface area contributed by atoms with Gasteiger partial charge in [0.2, 0.25) is 0 Å². The van der Waals surface area contributed by atoms with Crippen molar-refractivity contribution in [1.82, 2.24) is 0 Å². The molecular formula is C12H21O16P. The van der Waals surface area contributed by atoms with E-state index < -0.39 is 75.2 Å². The largest absolute Gasteiger partial charge is 0.481 e. The van der Waals surface area contributed by atoms with Crippen molar-refractivity contribution >= 4 is 32.0 Å². The van der Waals surface area contributed by atoms with E-state index in [1.54, 1.807) is 0 Å². The molecule has 0 saturated carbocycles. The van der Waals surface area contributed by atoms with Crippen LogP contribution in [0.25, 0.3) is 0 Å². The maximum atomic E-state index is 10.3. The van der Waals surface area contributed by atoms with Gasteiger partial charge in [0, 0.05) is 0 Å². The number of aliphatic carboxylic acids is 3. The highest BCUT2D eigenvalue weighted by Gasteiger charge is 2.40. The Hall–Kier alpha value is -2.01. The Balaban J connectivity index is 0. The highest BCUT2D eigenvalue weighted by Crippen LogP contribution is 2.35. The first-order valence-electron chi connectivity index (χ1n) is 7.23. The second-order valence-electron chi connectivity index (χ2n) is 5.44. The van der Waals surface area contributed by atoms with Gasteiger partial charge < -0.3 is 55.4 Å². The SMILES string of the molecule is O=C(O)CC(O)(CC(=O)O)C(=O)O.O=C[C@H](O)[C@@H](O)[C@H](O)[C@H](O)COP(=O)(O)O. The minimum absolute atomic E-state index is 0.0650. The van der Waals surface area contributed by atoms with Gasteiger partial charge in [-0.2, -0.15) is 0 Å². The Kier molecular flexibility index (Phi) is 12.6. The number of carboxylic acid groups (broad SMARTS) is 3. The minimum Gasteiger partial charge on any atom is -0.481 e. The van der Waals surface area contributed by atoms with Crippen molar-refractivity contribution < 1.29 is 78.9 Å². The number of carbonyl (C=O) groups excluding carboxylic acids is 1. The Morgan fingerprint density at radius 3 is 1.62 bits per heavy atom. The first-order chi connectivity index (χ1) is 13.0. The molecule has 0 rings (SSSR count). The van der Waals surface area contributed by atoms with Crippen LogP contribution in [0.3, 0.4) is 0 Å². The molecular weight excluding hydrogens is 431 g/mol. The molecule has 0 radical (unpaired) electrons. The van der Waals surface area contributed by atoms with E-state index in [-0.39, 0.29) is 6.29 Å². The van der Waals surface area contributed by atoms with Gasteiger partial charge in [-0.15, -0.1) is 0 Å². The van der Waals surface area contributed by atoms with Gasteiger partial charge in [0.1, 0.15) is 24.4 Å². The predicted octanol–water partition coefficient (Wildman–Crippen LogP) is -4.51. The first kappa shape index (κ1) is 29.2. The average Bonchev–Trinajstić information content (AvgIpc) is 2.55. The molecule has 0 aromatic carbocycles. The lowest BCUT2D eigenvalue weighted by atomic mass is 9.96. The second-order valence-corrected chi connectivity index (χ2v) is 6.68. The average molecular weight is 452 g/mol. The highest BCUT2D eigenvalue weighted by atomic mass is 31.2. The van der Waals surface area contributed by atoms with Crippen LogP contribution in [0.2, 0.25) is 0 Å². The second kappa shape index (κ2) is 12.5. The predicted molar refractivity (Wildman–Crippen MR) is 85.2 cm³/mol. The molecule has 4 atom stereocenters. The summed E-state index contributed by atoms with van der Waals surface area (Å²) in [6, 6.07) is 0. The molecule has 0 aliphatic rings. The quantitative estimate of drug-likeness (QED) is 0.0985. The van der Waals surface area contributed by atoms with Crippen LogP contribution >= 0.6 is 7.82 Å². The number of aliphatic hydroxyl groups is 5. The minimum atomic E-state index is -4.80. The zero-order valence-corrected chi connectivity index (χ0v) is 15.3. The Bertz CT molecular complexity index is 597. The summed E-state index contributed by atoms with van der Waals surface area (Å²) in [4.78, 5) is 57.1. The summed E-state index contributed by atoms with van der Waals surface area (Å²) in [6.07, 6.45) is -10.1. The molecule has 10 N–H and O–H groups in total. The lowest BCUT2D eigenvalue weighted by Crippen LogP contribution is -2.46. The molecule has 0 fully saturated rings. The van der Waals surface area contributed by atoms with Crippen LogP contribution in [0.4, 0.5) is 0 Å². The molecule has 0 aromatic heterocycles. The van der Waals surface area contributed by atoms with Crippen molar-refractivity contribution in [3.8, 4) is 0 Å². The maximum Gasteiger partial charge on any atom is 0.469 e. The fraction of sp³-hybridized carbons (Fsp3) is 0.667. The molecule has 0 aliphatic carbocycles. The lowest BCUT2D eigenvalue weighted by Gasteiger charge is -2.23. The summed E-state index contributed by atoms with van der Waals surface area (Å²) in [5.41, 5.74) is -2.74. The number of carboxylic acids is 3. The summed E-state index contributed by atoms with van der Waals surface area (Å²) in [5.74, 6) is -5.02. The summed E-state index contributed by atoms with van der Waals surface area (Å²) in [7, 11) is -4.80. The molecule has 0 spiro atoms. The monoisotopic (exact) mass is 452 g/mol. The van der Waals surface area contributed by atoms with Gasteiger partial charge in [0.05, 0.1) is 19.4 Å². The third-order valence-electron chi connectivity index (χ3n) is 2.93. The number of carbonyl (C=O) groups is 4. The van der Waals surface area contributed by atoms with Crippen molar-refractivity contribution in [3.05, 3.63) is 0 Å². The number of rotatable bonds is 12. The van der Waals surface area contributed by atoms with Gasteiger partial charge in [-0.3, -0.25) is 14.1 Å². The molecule has 0 amide bonds. The number of phosphoric acid groups is 1. The smallest absolute Gasteiger partial charge is 0.469 e. The standard InChI is InChI=1S/C6H13O9P.C6H8O7/c7-1-3(8)5(10)6(11)4(9)2-15-16(12,13)14;7-3(8)1-6(13,5(11)12)2-4(9)10/h1,3-6,8-11H,2H2,(H2,12,13,14);13H,1-2H2,(H,7,8)(H,9,10)(H,11,12)/t3-,4+,5+,6+;/m0./s1. The van der Waals surface area contributed by atoms with E-state index >= 15 is 0 Å². The molecule has 0 aromatic rings. The first-order valence-corrected chi connectivity index (χ1v) is 8.77. The maximum absolute atomic E-state index is 10.3. The molecule has 0 unspecified atom stereocenters. The number of hydrogen-bond acceptors (Lipinski definition) is 11. The summed E-state index contributed by atoms with van der Waals surface area (Å²) in [6.45, 7) is -0.964. The van der Waals surface area contributed by atoms with E-state index in [4.69, 9.17) is 50.6 Å². The van der Waals surface area contributed by atoms with Gasteiger partial charge in [-0.1, -0.05) is 0 Å². The van der Waals surface area contributed by atoms with Crippen molar-refractivity contribution in [1.29, 1.82) is 0 Å². The molecule has 170 valence electrons. The Morgan fingerprint density at radius 1 is 0.931 bits per heavy atom. The van der Waals surface area contributed by atoms with E-state index in [0.717, 1.165) is 0 Å². The van der Waals surface area contributed by atoms with E-state index in [9.17, 15) is 23.7 Å². The molecule has 0 saturated heterocycles. The van der Waals surface area contributed by atoms with Crippen LogP contribution in [0.15, 0.2) is 0 Å². The van der Waals surface area contributed by atoms with E-state index in [1.807, 2.05) is 0 Å². The van der Waals surface area contributed by atoms with Gasteiger partial charge in [0.25, 0.3) is 0 Å². The van der Waals surface area contributed by atoms with Gasteiger partial charge in [-0.25, -0.2) is 9.36 Å². The van der Waals surface area contributed by atoms with Gasteiger partial charge in [-0.05, 0) is 0 Å². The zero-order chi connectivity index (χ0) is 23.6. The molecule has 16 nitrogen and oxygen atoms in total. The number of aliphatic hydroxyl groups excluding tert-OH is 4. The van der Waals surface area contributed by atoms with Crippen LogP contribution in [0.5, 0.6) is 0 Å².